The minimum atomic E-state index is -0.842. The largest absolute Gasteiger partial charge is 0.466 e. The Morgan fingerprint density at radius 3 is 0.816 bits per heavy atom. The smallest absolute Gasteiger partial charge is 0.305 e. The highest BCUT2D eigenvalue weighted by atomic mass is 16.5. The molecule has 0 saturated carbocycles. The Morgan fingerprint density at radius 2 is 0.540 bits per heavy atom. The van der Waals surface area contributed by atoms with Gasteiger partial charge in [0.15, 0.2) is 0 Å². The number of aliphatic hydroxyl groups is 2. The number of amides is 1. The molecule has 87 heavy (non-hydrogen) atoms. The van der Waals surface area contributed by atoms with Crippen LogP contribution in [0.3, 0.4) is 0 Å². The molecule has 0 saturated heterocycles. The van der Waals surface area contributed by atoms with Gasteiger partial charge in [0.25, 0.3) is 0 Å². The third-order valence-corrected chi connectivity index (χ3v) is 19.0. The highest BCUT2D eigenvalue weighted by Crippen LogP contribution is 2.20. The van der Waals surface area contributed by atoms with Crippen molar-refractivity contribution in [2.45, 2.75) is 469 Å². The molecule has 0 radical (unpaired) electrons. The molecule has 6 nitrogen and oxygen atoms in total. The van der Waals surface area contributed by atoms with Crippen LogP contribution in [0.5, 0.6) is 0 Å². The van der Waals surface area contributed by atoms with Gasteiger partial charge in [0.2, 0.25) is 5.91 Å². The van der Waals surface area contributed by atoms with Crippen molar-refractivity contribution in [2.75, 3.05) is 13.2 Å². The van der Waals surface area contributed by atoms with Crippen molar-refractivity contribution >= 4 is 11.9 Å². The number of hydrogen-bond donors (Lipinski definition) is 3. The second kappa shape index (κ2) is 76.8. The second-order valence-corrected chi connectivity index (χ2v) is 27.8. The topological polar surface area (TPSA) is 95.9 Å². The number of ether oxygens (including phenoxy) is 1. The summed E-state index contributed by atoms with van der Waals surface area (Å²) in [5.74, 6) is -0.0355. The Bertz CT molecular complexity index is 1360. The average Bonchev–Trinajstić information content (AvgIpc) is 3.53. The third-order valence-electron chi connectivity index (χ3n) is 19.0. The van der Waals surface area contributed by atoms with Crippen LogP contribution in [0, 0.1) is 0 Å². The molecular formula is C81H157NO5. The van der Waals surface area contributed by atoms with Crippen molar-refractivity contribution in [3.05, 3.63) is 24.3 Å². The van der Waals surface area contributed by atoms with Crippen LogP contribution in [-0.4, -0.2) is 47.4 Å². The molecule has 0 heterocycles. The Kier molecular flexibility index (Phi) is 75.3. The standard InChI is InChI=1S/C81H157NO5/c1-3-5-7-9-11-13-15-17-19-21-39-42-45-49-53-57-61-65-69-73-79(84)78(77-83)82-80(85)74-70-66-62-58-54-50-46-43-40-37-35-33-31-29-27-25-23-22-24-26-28-30-32-34-36-38-41-44-48-52-56-60-64-68-72-76-87-81(86)75-71-67-63-59-55-51-47-20-18-16-14-12-10-8-6-4-2/h24,26,69,73,78-79,83-84H,3-23,25,27-68,70-72,74-77H2,1-2H3,(H,82,85)/b26-24-,73-69+. The zero-order valence-electron chi connectivity index (χ0n) is 59.3. The van der Waals surface area contributed by atoms with Gasteiger partial charge in [-0.1, -0.05) is 411 Å². The lowest BCUT2D eigenvalue weighted by Crippen LogP contribution is -2.45. The first kappa shape index (κ1) is 85.3. The number of nitrogens with one attached hydrogen (secondary N) is 1. The van der Waals surface area contributed by atoms with Crippen LogP contribution in [0.15, 0.2) is 24.3 Å². The van der Waals surface area contributed by atoms with E-state index < -0.39 is 12.1 Å². The van der Waals surface area contributed by atoms with Crippen LogP contribution in [0.4, 0.5) is 0 Å². The van der Waals surface area contributed by atoms with Crippen LogP contribution < -0.4 is 5.32 Å². The molecule has 0 spiro atoms. The van der Waals surface area contributed by atoms with Crippen LogP contribution in [0.2, 0.25) is 0 Å². The van der Waals surface area contributed by atoms with Crippen molar-refractivity contribution in [3.8, 4) is 0 Å². The summed E-state index contributed by atoms with van der Waals surface area (Å²) in [7, 11) is 0. The molecule has 0 aromatic heterocycles. The monoisotopic (exact) mass is 1220 g/mol. The molecule has 3 N–H and O–H groups in total. The number of unbranched alkanes of at least 4 members (excludes halogenated alkanes) is 63. The zero-order chi connectivity index (χ0) is 62.8. The lowest BCUT2D eigenvalue weighted by Gasteiger charge is -2.20. The van der Waals surface area contributed by atoms with E-state index in [1.165, 1.54) is 392 Å². The SMILES string of the molecule is CCCCCCCCCCCCCCCCCCC/C=C/C(O)C(CO)NC(=O)CCCCCCCCCCCCCCCCCCC/C=C\CCCCCCCCCCCCCCCCOC(=O)CCCCCCCCCCCCCCCCCC. The van der Waals surface area contributed by atoms with Crippen molar-refractivity contribution in [3.63, 3.8) is 0 Å². The maximum absolute atomic E-state index is 12.5. The van der Waals surface area contributed by atoms with Crippen LogP contribution in [0.1, 0.15) is 457 Å². The molecule has 0 aliphatic carbocycles. The third kappa shape index (κ3) is 73.3. The fraction of sp³-hybridized carbons (Fsp3) is 0.926. The van der Waals surface area contributed by atoms with Crippen molar-refractivity contribution in [1.29, 1.82) is 0 Å². The van der Waals surface area contributed by atoms with Crippen LogP contribution in [0.25, 0.3) is 0 Å². The first-order chi connectivity index (χ1) is 43.0. The molecule has 2 atom stereocenters. The highest BCUT2D eigenvalue weighted by Gasteiger charge is 2.18. The summed E-state index contributed by atoms with van der Waals surface area (Å²) in [5.41, 5.74) is 0. The van der Waals surface area contributed by atoms with E-state index in [1.54, 1.807) is 6.08 Å². The number of aliphatic hydroxyl groups excluding tert-OH is 2. The number of esters is 1. The Labute approximate surface area is 545 Å². The molecule has 0 aromatic rings. The van der Waals surface area contributed by atoms with E-state index in [4.69, 9.17) is 4.74 Å². The molecule has 0 aliphatic heterocycles. The maximum Gasteiger partial charge on any atom is 0.305 e. The predicted octanol–water partition coefficient (Wildman–Crippen LogP) is 26.4. The van der Waals surface area contributed by atoms with Gasteiger partial charge < -0.3 is 20.3 Å². The lowest BCUT2D eigenvalue weighted by atomic mass is 10.0. The van der Waals surface area contributed by atoms with E-state index in [-0.39, 0.29) is 18.5 Å². The first-order valence-electron chi connectivity index (χ1n) is 40.1. The van der Waals surface area contributed by atoms with Gasteiger partial charge in [0, 0.05) is 12.8 Å². The molecule has 6 heteroatoms. The van der Waals surface area contributed by atoms with E-state index in [9.17, 15) is 19.8 Å². The quantitative estimate of drug-likeness (QED) is 0.0320. The molecule has 0 fully saturated rings. The predicted molar refractivity (Wildman–Crippen MR) is 384 cm³/mol. The molecule has 2 unspecified atom stereocenters. The summed E-state index contributed by atoms with van der Waals surface area (Å²) >= 11 is 0. The van der Waals surface area contributed by atoms with Crippen molar-refractivity contribution in [1.82, 2.24) is 5.32 Å². The summed E-state index contributed by atoms with van der Waals surface area (Å²) < 4.78 is 5.51. The highest BCUT2D eigenvalue weighted by molar-refractivity contribution is 5.76. The second-order valence-electron chi connectivity index (χ2n) is 27.8. The number of rotatable bonds is 76. The fourth-order valence-corrected chi connectivity index (χ4v) is 12.9. The molecule has 0 bridgehead atoms. The number of carbonyl (C=O) groups excluding carboxylic acids is 2. The minimum absolute atomic E-state index is 0.0245. The molecular weight excluding hydrogens is 1070 g/mol. The summed E-state index contributed by atoms with van der Waals surface area (Å²) in [5, 5.41) is 23.3. The molecule has 0 rings (SSSR count). The van der Waals surface area contributed by atoms with Gasteiger partial charge in [-0.15, -0.1) is 0 Å². The average molecular weight is 1230 g/mol. The molecule has 0 aromatic carbocycles. The summed E-state index contributed by atoms with van der Waals surface area (Å²) in [6, 6.07) is -0.626. The van der Waals surface area contributed by atoms with Crippen molar-refractivity contribution in [2.24, 2.45) is 0 Å². The van der Waals surface area contributed by atoms with E-state index in [1.807, 2.05) is 6.08 Å². The first-order valence-corrected chi connectivity index (χ1v) is 40.1. The summed E-state index contributed by atoms with van der Waals surface area (Å²) in [4.78, 5) is 24.6. The van der Waals surface area contributed by atoms with E-state index in [0.29, 0.717) is 19.4 Å². The molecule has 1 amide bonds. The van der Waals surface area contributed by atoms with Gasteiger partial charge in [0.1, 0.15) is 0 Å². The minimum Gasteiger partial charge on any atom is -0.466 e. The van der Waals surface area contributed by atoms with Gasteiger partial charge in [0.05, 0.1) is 25.4 Å². The zero-order valence-corrected chi connectivity index (χ0v) is 59.3. The van der Waals surface area contributed by atoms with Gasteiger partial charge in [-0.3, -0.25) is 9.59 Å². The number of carbonyl (C=O) groups is 2. The van der Waals surface area contributed by atoms with E-state index >= 15 is 0 Å². The van der Waals surface area contributed by atoms with Gasteiger partial charge in [-0.05, 0) is 57.8 Å². The molecule has 516 valence electrons. The van der Waals surface area contributed by atoms with Crippen molar-refractivity contribution < 1.29 is 24.5 Å². The van der Waals surface area contributed by atoms with E-state index in [0.717, 1.165) is 38.5 Å². The Hall–Kier alpha value is -1.66. The Balaban J connectivity index is 3.35. The van der Waals surface area contributed by atoms with Gasteiger partial charge in [-0.2, -0.15) is 0 Å². The summed E-state index contributed by atoms with van der Waals surface area (Å²) in [6.45, 7) is 4.96. The maximum atomic E-state index is 12.5. The van der Waals surface area contributed by atoms with Gasteiger partial charge >= 0.3 is 5.97 Å². The van der Waals surface area contributed by atoms with E-state index in [2.05, 4.69) is 31.3 Å². The van der Waals surface area contributed by atoms with Crippen LogP contribution >= 0.6 is 0 Å². The fourth-order valence-electron chi connectivity index (χ4n) is 12.9. The normalized spacial score (nSPS) is 12.6. The molecule has 0 aliphatic rings. The Morgan fingerprint density at radius 1 is 0.310 bits per heavy atom. The number of hydrogen-bond acceptors (Lipinski definition) is 5. The summed E-state index contributed by atoms with van der Waals surface area (Å²) in [6.07, 6.45) is 98.8. The number of allylic oxidation sites excluding steroid dienone is 3. The van der Waals surface area contributed by atoms with Crippen LogP contribution in [-0.2, 0) is 14.3 Å². The lowest BCUT2D eigenvalue weighted by molar-refractivity contribution is -0.143. The van der Waals surface area contributed by atoms with Gasteiger partial charge in [-0.25, -0.2) is 0 Å².